The number of hydrogen-bond acceptors (Lipinski definition) is 3. The molecule has 1 amide bonds. The van der Waals surface area contributed by atoms with Gasteiger partial charge in [-0.1, -0.05) is 24.6 Å². The quantitative estimate of drug-likeness (QED) is 0.777. The molecule has 0 spiro atoms. The Morgan fingerprint density at radius 2 is 2.00 bits per heavy atom. The molecule has 0 unspecified atom stereocenters. The van der Waals surface area contributed by atoms with Crippen LogP contribution in [0.2, 0.25) is 0 Å². The first-order valence-corrected chi connectivity index (χ1v) is 7.92. The van der Waals surface area contributed by atoms with Gasteiger partial charge in [0.15, 0.2) is 0 Å². The van der Waals surface area contributed by atoms with Crippen LogP contribution in [0, 0.1) is 5.41 Å². The van der Waals surface area contributed by atoms with Gasteiger partial charge in [-0.25, -0.2) is 0 Å². The molecule has 1 fully saturated rings. The van der Waals surface area contributed by atoms with Crippen molar-refractivity contribution in [3.63, 3.8) is 0 Å². The smallest absolute Gasteiger partial charge is 0.231 e. The molecule has 1 aromatic rings. The average Bonchev–Trinajstić information content (AvgIpc) is 2.50. The predicted octanol–water partition coefficient (Wildman–Crippen LogP) is 2.90. The Labute approximate surface area is 133 Å². The predicted molar refractivity (Wildman–Crippen MR) is 87.1 cm³/mol. The van der Waals surface area contributed by atoms with Gasteiger partial charge in [-0.05, 0) is 37.8 Å². The molecule has 1 atom stereocenters. The summed E-state index contributed by atoms with van der Waals surface area (Å²) in [7, 11) is 5.25. The lowest BCUT2D eigenvalue weighted by atomic mass is 9.68. The highest BCUT2D eigenvalue weighted by atomic mass is 16.5. The molecule has 0 bridgehead atoms. The first-order valence-electron chi connectivity index (χ1n) is 7.92. The van der Waals surface area contributed by atoms with Gasteiger partial charge in [0.2, 0.25) is 5.91 Å². The van der Waals surface area contributed by atoms with Gasteiger partial charge in [-0.2, -0.15) is 0 Å². The first-order chi connectivity index (χ1) is 10.5. The molecule has 22 heavy (non-hydrogen) atoms. The number of methoxy groups -OCH3 is 2. The first kappa shape index (κ1) is 16.8. The van der Waals surface area contributed by atoms with E-state index < -0.39 is 0 Å². The average molecular weight is 305 g/mol. The molecule has 0 saturated heterocycles. The minimum Gasteiger partial charge on any atom is -0.496 e. The van der Waals surface area contributed by atoms with Crippen molar-refractivity contribution in [1.82, 2.24) is 4.90 Å². The zero-order chi connectivity index (χ0) is 16.2. The normalized spacial score (nSPS) is 17.5. The molecule has 0 aromatic heterocycles. The summed E-state index contributed by atoms with van der Waals surface area (Å²) in [6.07, 6.45) is 3.77. The maximum atomic E-state index is 12.8. The van der Waals surface area contributed by atoms with Crippen LogP contribution in [0.3, 0.4) is 0 Å². The molecular weight excluding hydrogens is 278 g/mol. The Balaban J connectivity index is 2.05. The standard InChI is InChI=1S/C18H27NO3/c1-14(12-15-8-5-6-9-16(15)22-4)19(2)17(20)18(13-21-3)10-7-11-18/h5-6,8-9,14H,7,10-13H2,1-4H3/t14-/m0/s1. The minimum absolute atomic E-state index is 0.123. The second-order valence-electron chi connectivity index (χ2n) is 6.35. The van der Waals surface area contributed by atoms with E-state index in [0.29, 0.717) is 6.61 Å². The van der Waals surface area contributed by atoms with Gasteiger partial charge < -0.3 is 14.4 Å². The maximum Gasteiger partial charge on any atom is 0.231 e. The Morgan fingerprint density at radius 3 is 2.55 bits per heavy atom. The Morgan fingerprint density at radius 1 is 1.32 bits per heavy atom. The number of ether oxygens (including phenoxy) is 2. The topological polar surface area (TPSA) is 38.8 Å². The van der Waals surface area contributed by atoms with Gasteiger partial charge in [-0.15, -0.1) is 0 Å². The minimum atomic E-state index is -0.293. The van der Waals surface area contributed by atoms with Crippen LogP contribution in [-0.4, -0.2) is 44.7 Å². The number of nitrogens with zero attached hydrogens (tertiary/aromatic N) is 1. The fraction of sp³-hybridized carbons (Fsp3) is 0.611. The number of carbonyl (C=O) groups is 1. The van der Waals surface area contributed by atoms with Crippen molar-refractivity contribution in [2.24, 2.45) is 5.41 Å². The van der Waals surface area contributed by atoms with Crippen LogP contribution in [0.5, 0.6) is 5.75 Å². The number of benzene rings is 1. The molecule has 1 saturated carbocycles. The monoisotopic (exact) mass is 305 g/mol. The van der Waals surface area contributed by atoms with Crippen LogP contribution >= 0.6 is 0 Å². The maximum absolute atomic E-state index is 12.8. The molecule has 0 aliphatic heterocycles. The summed E-state index contributed by atoms with van der Waals surface area (Å²) in [5.74, 6) is 1.09. The highest BCUT2D eigenvalue weighted by Gasteiger charge is 2.46. The van der Waals surface area contributed by atoms with Gasteiger partial charge in [-0.3, -0.25) is 4.79 Å². The molecule has 4 nitrogen and oxygen atoms in total. The Kier molecular flexibility index (Phi) is 5.46. The van der Waals surface area contributed by atoms with Gasteiger partial charge in [0.05, 0.1) is 19.1 Å². The zero-order valence-electron chi connectivity index (χ0n) is 14.1. The third-order valence-corrected chi connectivity index (χ3v) is 4.87. The van der Waals surface area contributed by atoms with Crippen molar-refractivity contribution in [3.05, 3.63) is 29.8 Å². The molecule has 2 rings (SSSR count). The molecule has 1 aliphatic carbocycles. The fourth-order valence-corrected chi connectivity index (χ4v) is 3.20. The molecule has 122 valence electrons. The summed E-state index contributed by atoms with van der Waals surface area (Å²) in [6.45, 7) is 2.61. The number of likely N-dealkylation sites (N-methyl/N-ethyl adjacent to an activating group) is 1. The van der Waals surface area contributed by atoms with Crippen molar-refractivity contribution in [2.45, 2.75) is 38.6 Å². The fourth-order valence-electron chi connectivity index (χ4n) is 3.20. The summed E-state index contributed by atoms with van der Waals surface area (Å²) in [5, 5.41) is 0. The largest absolute Gasteiger partial charge is 0.496 e. The van der Waals surface area contributed by atoms with E-state index in [4.69, 9.17) is 9.47 Å². The van der Waals surface area contributed by atoms with Gasteiger partial charge >= 0.3 is 0 Å². The summed E-state index contributed by atoms with van der Waals surface area (Å²) in [6, 6.07) is 8.11. The van der Waals surface area contributed by atoms with Crippen LogP contribution in [0.1, 0.15) is 31.7 Å². The van der Waals surface area contributed by atoms with Crippen molar-refractivity contribution in [3.8, 4) is 5.75 Å². The van der Waals surface area contributed by atoms with E-state index in [1.54, 1.807) is 14.2 Å². The molecule has 0 N–H and O–H groups in total. The van der Waals surface area contributed by atoms with E-state index in [-0.39, 0.29) is 17.4 Å². The third kappa shape index (κ3) is 3.27. The SMILES string of the molecule is COCC1(C(=O)N(C)[C@@H](C)Cc2ccccc2OC)CCC1. The number of hydrogen-bond donors (Lipinski definition) is 0. The third-order valence-electron chi connectivity index (χ3n) is 4.87. The summed E-state index contributed by atoms with van der Waals surface area (Å²) >= 11 is 0. The molecular formula is C18H27NO3. The van der Waals surface area contributed by atoms with Gasteiger partial charge in [0, 0.05) is 20.2 Å². The second-order valence-corrected chi connectivity index (χ2v) is 6.35. The Hall–Kier alpha value is -1.55. The zero-order valence-corrected chi connectivity index (χ0v) is 14.1. The second kappa shape index (κ2) is 7.14. The lowest BCUT2D eigenvalue weighted by molar-refractivity contribution is -0.152. The number of para-hydroxylation sites is 1. The highest BCUT2D eigenvalue weighted by molar-refractivity contribution is 5.84. The van der Waals surface area contributed by atoms with Crippen molar-refractivity contribution < 1.29 is 14.3 Å². The summed E-state index contributed by atoms with van der Waals surface area (Å²) in [4.78, 5) is 14.7. The van der Waals surface area contributed by atoms with Crippen LogP contribution in [0.15, 0.2) is 24.3 Å². The lowest BCUT2D eigenvalue weighted by Crippen LogP contribution is -2.52. The van der Waals surface area contributed by atoms with E-state index in [2.05, 4.69) is 13.0 Å². The summed E-state index contributed by atoms with van der Waals surface area (Å²) in [5.41, 5.74) is 0.838. The van der Waals surface area contributed by atoms with Crippen LogP contribution < -0.4 is 4.74 Å². The summed E-state index contributed by atoms with van der Waals surface area (Å²) < 4.78 is 10.7. The van der Waals surface area contributed by atoms with Crippen LogP contribution in [0.25, 0.3) is 0 Å². The highest BCUT2D eigenvalue weighted by Crippen LogP contribution is 2.43. The van der Waals surface area contributed by atoms with Crippen molar-refractivity contribution in [1.29, 1.82) is 0 Å². The Bertz CT molecular complexity index is 511. The number of carbonyl (C=O) groups excluding carboxylic acids is 1. The van der Waals surface area contributed by atoms with Gasteiger partial charge in [0.1, 0.15) is 5.75 Å². The molecule has 0 heterocycles. The van der Waals surface area contributed by atoms with E-state index in [1.165, 1.54) is 0 Å². The molecule has 1 aromatic carbocycles. The number of rotatable bonds is 7. The van der Waals surface area contributed by atoms with E-state index in [0.717, 1.165) is 37.0 Å². The van der Waals surface area contributed by atoms with Crippen LogP contribution in [0.4, 0.5) is 0 Å². The van der Waals surface area contributed by atoms with E-state index >= 15 is 0 Å². The molecule has 4 heteroatoms. The lowest BCUT2D eigenvalue weighted by Gasteiger charge is -2.43. The van der Waals surface area contributed by atoms with E-state index in [1.807, 2.05) is 30.1 Å². The molecule has 0 radical (unpaired) electrons. The van der Waals surface area contributed by atoms with Crippen LogP contribution in [-0.2, 0) is 16.0 Å². The number of amides is 1. The van der Waals surface area contributed by atoms with Gasteiger partial charge in [0.25, 0.3) is 0 Å². The van der Waals surface area contributed by atoms with E-state index in [9.17, 15) is 4.79 Å². The van der Waals surface area contributed by atoms with Crippen molar-refractivity contribution in [2.75, 3.05) is 27.9 Å². The van der Waals surface area contributed by atoms with Crippen molar-refractivity contribution >= 4 is 5.91 Å². The molecule has 1 aliphatic rings.